The van der Waals surface area contributed by atoms with Gasteiger partial charge in [-0.25, -0.2) is 0 Å². The normalized spacial score (nSPS) is 15.8. The second-order valence-corrected chi connectivity index (χ2v) is 5.97. The Morgan fingerprint density at radius 2 is 2.05 bits per heavy atom. The van der Waals surface area contributed by atoms with Crippen LogP contribution < -0.4 is 16.0 Å². The lowest BCUT2D eigenvalue weighted by molar-refractivity contribution is -0.124. The summed E-state index contributed by atoms with van der Waals surface area (Å²) in [5.41, 5.74) is 8.29. The molecule has 5 heteroatoms. The number of amides is 2. The highest BCUT2D eigenvalue weighted by atomic mass is 16.2. The minimum Gasteiger partial charge on any atom is -0.399 e. The van der Waals surface area contributed by atoms with Gasteiger partial charge in [-0.3, -0.25) is 9.59 Å². The highest BCUT2D eigenvalue weighted by Gasteiger charge is 2.26. The van der Waals surface area contributed by atoms with Gasteiger partial charge in [0.15, 0.2) is 0 Å². The van der Waals surface area contributed by atoms with E-state index in [1.807, 2.05) is 19.1 Å². The maximum atomic E-state index is 12.1. The van der Waals surface area contributed by atoms with Gasteiger partial charge >= 0.3 is 0 Å². The number of carbonyl (C=O) groups excluding carboxylic acids is 2. The smallest absolute Gasteiger partial charge is 0.240 e. The largest absolute Gasteiger partial charge is 0.399 e. The number of nitrogens with two attached hydrogens (primary N) is 1. The summed E-state index contributed by atoms with van der Waals surface area (Å²) in [5.74, 6) is 0.215. The highest BCUT2D eigenvalue weighted by Crippen LogP contribution is 2.29. The van der Waals surface area contributed by atoms with Crippen molar-refractivity contribution in [2.45, 2.75) is 39.7 Å². The lowest BCUT2D eigenvalue weighted by atomic mass is 10.0. The molecular weight excluding hydrogens is 266 g/mol. The van der Waals surface area contributed by atoms with Crippen molar-refractivity contribution in [2.24, 2.45) is 5.92 Å². The molecule has 2 rings (SSSR count). The van der Waals surface area contributed by atoms with E-state index in [4.69, 9.17) is 5.73 Å². The van der Waals surface area contributed by atoms with Crippen LogP contribution in [0, 0.1) is 5.92 Å². The molecule has 1 unspecified atom stereocenters. The van der Waals surface area contributed by atoms with E-state index in [2.05, 4.69) is 19.2 Å². The molecule has 1 aliphatic rings. The van der Waals surface area contributed by atoms with Gasteiger partial charge in [0.1, 0.15) is 6.54 Å². The van der Waals surface area contributed by atoms with Crippen LogP contribution in [0.1, 0.15) is 32.8 Å². The standard InChI is InChI=1S/C16H23N3O2/c1-10(2)11(3)18-15(20)9-19-14-6-5-13(17)8-12(14)4-7-16(19)21/h5-6,8,10-11H,4,7,9,17H2,1-3H3,(H,18,20). The van der Waals surface area contributed by atoms with Crippen LogP contribution in [0.4, 0.5) is 11.4 Å². The van der Waals surface area contributed by atoms with Crippen molar-refractivity contribution in [2.75, 3.05) is 17.2 Å². The Kier molecular flexibility index (Phi) is 4.50. The predicted octanol–water partition coefficient (Wildman–Crippen LogP) is 1.71. The summed E-state index contributed by atoms with van der Waals surface area (Å²) in [6.45, 7) is 6.13. The van der Waals surface area contributed by atoms with Gasteiger partial charge in [0.25, 0.3) is 0 Å². The first-order valence-corrected chi connectivity index (χ1v) is 7.36. The first-order chi connectivity index (χ1) is 9.88. The molecule has 0 aliphatic carbocycles. The van der Waals surface area contributed by atoms with Gasteiger partial charge in [-0.2, -0.15) is 0 Å². The van der Waals surface area contributed by atoms with Crippen molar-refractivity contribution < 1.29 is 9.59 Å². The van der Waals surface area contributed by atoms with Gasteiger partial charge in [-0.1, -0.05) is 13.8 Å². The van der Waals surface area contributed by atoms with Gasteiger partial charge in [-0.15, -0.1) is 0 Å². The van der Waals surface area contributed by atoms with Crippen molar-refractivity contribution >= 4 is 23.2 Å². The van der Waals surface area contributed by atoms with Gasteiger partial charge in [0.2, 0.25) is 11.8 Å². The van der Waals surface area contributed by atoms with Crippen LogP contribution in [0.15, 0.2) is 18.2 Å². The topological polar surface area (TPSA) is 75.4 Å². The summed E-state index contributed by atoms with van der Waals surface area (Å²) in [6, 6.07) is 5.55. The van der Waals surface area contributed by atoms with Gasteiger partial charge < -0.3 is 16.0 Å². The second kappa shape index (κ2) is 6.16. The second-order valence-electron chi connectivity index (χ2n) is 5.97. The van der Waals surface area contributed by atoms with E-state index in [1.165, 1.54) is 0 Å². The van der Waals surface area contributed by atoms with E-state index in [-0.39, 0.29) is 24.4 Å². The number of hydrogen-bond donors (Lipinski definition) is 2. The van der Waals surface area contributed by atoms with Crippen LogP contribution in [0.25, 0.3) is 0 Å². The maximum Gasteiger partial charge on any atom is 0.240 e. The van der Waals surface area contributed by atoms with E-state index in [0.29, 0.717) is 24.4 Å². The van der Waals surface area contributed by atoms with Gasteiger partial charge in [0, 0.05) is 23.8 Å². The Morgan fingerprint density at radius 1 is 1.33 bits per heavy atom. The molecule has 1 aromatic carbocycles. The number of fused-ring (bicyclic) bond motifs is 1. The number of nitrogens with one attached hydrogen (secondary N) is 1. The first kappa shape index (κ1) is 15.4. The minimum atomic E-state index is -0.130. The fraction of sp³-hybridized carbons (Fsp3) is 0.500. The molecular formula is C16H23N3O2. The van der Waals surface area contributed by atoms with Crippen molar-refractivity contribution in [3.8, 4) is 0 Å². The van der Waals surface area contributed by atoms with E-state index >= 15 is 0 Å². The van der Waals surface area contributed by atoms with Crippen LogP contribution >= 0.6 is 0 Å². The Balaban J connectivity index is 2.13. The Bertz CT molecular complexity index is 554. The quantitative estimate of drug-likeness (QED) is 0.829. The zero-order valence-electron chi connectivity index (χ0n) is 12.8. The third-order valence-electron chi connectivity index (χ3n) is 3.99. The Morgan fingerprint density at radius 3 is 2.71 bits per heavy atom. The number of anilines is 2. The molecule has 0 radical (unpaired) electrons. The fourth-order valence-corrected chi connectivity index (χ4v) is 2.36. The molecule has 1 heterocycles. The number of benzene rings is 1. The third kappa shape index (κ3) is 3.54. The summed E-state index contributed by atoms with van der Waals surface area (Å²) in [7, 11) is 0. The first-order valence-electron chi connectivity index (χ1n) is 7.36. The molecule has 0 fully saturated rings. The Hall–Kier alpha value is -2.04. The molecule has 1 aliphatic heterocycles. The zero-order chi connectivity index (χ0) is 15.6. The average molecular weight is 289 g/mol. The average Bonchev–Trinajstić information content (AvgIpc) is 2.41. The SMILES string of the molecule is CC(C)C(C)NC(=O)CN1C(=O)CCc2cc(N)ccc21. The minimum absolute atomic E-state index is 0.0142. The van der Waals surface area contributed by atoms with Crippen molar-refractivity contribution in [1.82, 2.24) is 5.32 Å². The predicted molar refractivity (Wildman–Crippen MR) is 84.0 cm³/mol. The molecule has 0 aromatic heterocycles. The molecule has 0 bridgehead atoms. The lowest BCUT2D eigenvalue weighted by Gasteiger charge is -2.30. The van der Waals surface area contributed by atoms with Gasteiger partial charge in [-0.05, 0) is 43.0 Å². The van der Waals surface area contributed by atoms with Crippen LogP contribution in [0.5, 0.6) is 0 Å². The number of nitrogen functional groups attached to an aromatic ring is 1. The molecule has 21 heavy (non-hydrogen) atoms. The van der Waals surface area contributed by atoms with Crippen LogP contribution in [0.2, 0.25) is 0 Å². The van der Waals surface area contributed by atoms with E-state index in [1.54, 1.807) is 11.0 Å². The number of rotatable bonds is 4. The number of aryl methyl sites for hydroxylation is 1. The van der Waals surface area contributed by atoms with Crippen LogP contribution in [-0.4, -0.2) is 24.4 Å². The molecule has 1 aromatic rings. The van der Waals surface area contributed by atoms with Crippen LogP contribution in [-0.2, 0) is 16.0 Å². The van der Waals surface area contributed by atoms with E-state index in [0.717, 1.165) is 11.3 Å². The lowest BCUT2D eigenvalue weighted by Crippen LogP contribution is -2.46. The van der Waals surface area contributed by atoms with E-state index < -0.39 is 0 Å². The monoisotopic (exact) mass is 289 g/mol. The molecule has 3 N–H and O–H groups in total. The summed E-state index contributed by atoms with van der Waals surface area (Å²) >= 11 is 0. The maximum absolute atomic E-state index is 12.1. The van der Waals surface area contributed by atoms with Crippen molar-refractivity contribution in [1.29, 1.82) is 0 Å². The third-order valence-corrected chi connectivity index (χ3v) is 3.99. The fourth-order valence-electron chi connectivity index (χ4n) is 2.36. The number of nitrogens with zero attached hydrogens (tertiary/aromatic N) is 1. The molecule has 2 amide bonds. The molecule has 1 atom stereocenters. The summed E-state index contributed by atoms with van der Waals surface area (Å²) in [4.78, 5) is 25.8. The summed E-state index contributed by atoms with van der Waals surface area (Å²) in [5, 5.41) is 2.93. The summed E-state index contributed by atoms with van der Waals surface area (Å²) in [6.07, 6.45) is 1.10. The molecule has 5 nitrogen and oxygen atoms in total. The van der Waals surface area contributed by atoms with Gasteiger partial charge in [0.05, 0.1) is 0 Å². The summed E-state index contributed by atoms with van der Waals surface area (Å²) < 4.78 is 0. The number of carbonyl (C=O) groups is 2. The molecule has 114 valence electrons. The molecule has 0 saturated carbocycles. The van der Waals surface area contributed by atoms with E-state index in [9.17, 15) is 9.59 Å². The van der Waals surface area contributed by atoms with Crippen LogP contribution in [0.3, 0.4) is 0 Å². The van der Waals surface area contributed by atoms with Crippen molar-refractivity contribution in [3.05, 3.63) is 23.8 Å². The molecule has 0 spiro atoms. The van der Waals surface area contributed by atoms with Crippen molar-refractivity contribution in [3.63, 3.8) is 0 Å². The highest BCUT2D eigenvalue weighted by molar-refractivity contribution is 6.01. The number of hydrogen-bond acceptors (Lipinski definition) is 3. The molecule has 0 saturated heterocycles. The Labute approximate surface area is 125 Å². The zero-order valence-corrected chi connectivity index (χ0v) is 12.8.